The molecule has 0 saturated carbocycles. The average Bonchev–Trinajstić information content (AvgIpc) is 2.91. The van der Waals surface area contributed by atoms with Crippen LogP contribution in [0.15, 0.2) is 26.7 Å². The first-order chi connectivity index (χ1) is 9.06. The molecule has 2 aromatic rings. The zero-order chi connectivity index (χ0) is 13.6. The minimum atomic E-state index is -0.205. The Hall–Kier alpha value is -1.73. The molecule has 0 fully saturated rings. The lowest BCUT2D eigenvalue weighted by Gasteiger charge is -1.96. The van der Waals surface area contributed by atoms with Gasteiger partial charge in [0.2, 0.25) is 5.88 Å². The Balaban J connectivity index is 2.25. The van der Waals surface area contributed by atoms with Gasteiger partial charge in [-0.2, -0.15) is 0 Å². The first kappa shape index (κ1) is 12.3. The van der Waals surface area contributed by atoms with Crippen LogP contribution in [0, 0.1) is 0 Å². The summed E-state index contributed by atoms with van der Waals surface area (Å²) in [4.78, 5) is 20.2. The summed E-state index contributed by atoms with van der Waals surface area (Å²) < 4.78 is 1.84. The Morgan fingerprint density at radius 1 is 1.53 bits per heavy atom. The number of hydrogen-bond donors (Lipinski definition) is 1. The lowest BCUT2D eigenvalue weighted by molar-refractivity contribution is 0.428. The molecule has 0 aliphatic carbocycles. The molecule has 5 nitrogen and oxygen atoms in total. The highest BCUT2D eigenvalue weighted by Gasteiger charge is 2.09. The summed E-state index contributed by atoms with van der Waals surface area (Å²) in [5.41, 5.74) is 1.58. The van der Waals surface area contributed by atoms with Gasteiger partial charge in [-0.15, -0.1) is 0 Å². The molecule has 0 saturated heterocycles. The highest BCUT2D eigenvalue weighted by atomic mass is 79.9. The van der Waals surface area contributed by atoms with Crippen molar-refractivity contribution in [2.45, 2.75) is 0 Å². The van der Waals surface area contributed by atoms with E-state index >= 15 is 0 Å². The van der Waals surface area contributed by atoms with Gasteiger partial charge in [-0.1, -0.05) is 11.3 Å². The molecular formula is C12H8BrN3O2S. The van der Waals surface area contributed by atoms with E-state index in [9.17, 15) is 9.90 Å². The van der Waals surface area contributed by atoms with E-state index in [4.69, 9.17) is 0 Å². The molecule has 1 aliphatic rings. The first-order valence-corrected chi connectivity index (χ1v) is 6.98. The normalized spacial score (nSPS) is 13.7. The quantitative estimate of drug-likeness (QED) is 0.780. The minimum Gasteiger partial charge on any atom is -0.493 e. The van der Waals surface area contributed by atoms with Crippen LogP contribution in [0.1, 0.15) is 10.4 Å². The molecule has 19 heavy (non-hydrogen) atoms. The van der Waals surface area contributed by atoms with E-state index in [1.165, 1.54) is 11.6 Å². The molecule has 7 heteroatoms. The molecule has 0 radical (unpaired) electrons. The number of hydrogen-bond acceptors (Lipinski definition) is 5. The van der Waals surface area contributed by atoms with Crippen LogP contribution >= 0.6 is 27.3 Å². The van der Waals surface area contributed by atoms with Crippen molar-refractivity contribution < 1.29 is 5.11 Å². The van der Waals surface area contributed by atoms with Gasteiger partial charge in [0, 0.05) is 24.0 Å². The van der Waals surface area contributed by atoms with Gasteiger partial charge in [0.05, 0.1) is 4.88 Å². The van der Waals surface area contributed by atoms with Crippen LogP contribution in [0.25, 0.3) is 12.2 Å². The van der Waals surface area contributed by atoms with E-state index < -0.39 is 0 Å². The zero-order valence-electron chi connectivity index (χ0n) is 9.79. The van der Waals surface area contributed by atoms with Crippen molar-refractivity contribution in [3.63, 3.8) is 0 Å². The number of rotatable bonds is 1. The van der Waals surface area contributed by atoms with Gasteiger partial charge in [-0.05, 0) is 34.1 Å². The van der Waals surface area contributed by atoms with Crippen molar-refractivity contribution >= 4 is 39.4 Å². The fraction of sp³-hybridized carbons (Fsp3) is 0.0833. The maximum absolute atomic E-state index is 11.5. The number of aromatic nitrogens is 2. The summed E-state index contributed by atoms with van der Waals surface area (Å²) >= 11 is 4.35. The highest BCUT2D eigenvalue weighted by molar-refractivity contribution is 9.10. The molecule has 96 valence electrons. The third kappa shape index (κ3) is 2.04. The van der Waals surface area contributed by atoms with E-state index in [0.29, 0.717) is 15.0 Å². The fourth-order valence-electron chi connectivity index (χ4n) is 1.72. The van der Waals surface area contributed by atoms with Crippen molar-refractivity contribution in [3.05, 3.63) is 47.7 Å². The Morgan fingerprint density at radius 3 is 3.00 bits per heavy atom. The zero-order valence-corrected chi connectivity index (χ0v) is 12.2. The summed E-state index contributed by atoms with van der Waals surface area (Å²) in [5, 5.41) is 10.6. The number of pyridine rings is 1. The lowest BCUT2D eigenvalue weighted by Crippen LogP contribution is -2.17. The number of nitrogens with zero attached hydrogens (tertiary/aromatic N) is 3. The topological polar surface area (TPSA) is 67.5 Å². The first-order valence-electron chi connectivity index (χ1n) is 5.38. The molecule has 0 unspecified atom stereocenters. The summed E-state index contributed by atoms with van der Waals surface area (Å²) in [7, 11) is 1.53. The standard InChI is InChI=1S/C12H8BrN3O2S/c1-16-11(17)8(19-12(16)18)5-7-4-6-2-3-14-10(6)15-9(7)13/h2-5,17H,1H3. The predicted octanol–water partition coefficient (Wildman–Crippen LogP) is 0.743. The van der Waals surface area contributed by atoms with Gasteiger partial charge in [-0.3, -0.25) is 9.36 Å². The molecule has 1 aliphatic heterocycles. The van der Waals surface area contributed by atoms with Gasteiger partial charge in [0.25, 0.3) is 0 Å². The van der Waals surface area contributed by atoms with Gasteiger partial charge in [0.15, 0.2) is 5.49 Å². The molecular weight excluding hydrogens is 330 g/mol. The third-order valence-electron chi connectivity index (χ3n) is 2.76. The smallest absolute Gasteiger partial charge is 0.310 e. The second-order valence-electron chi connectivity index (χ2n) is 3.99. The van der Waals surface area contributed by atoms with Crippen LogP contribution in [-0.4, -0.2) is 14.7 Å². The average molecular weight is 338 g/mol. The molecule has 1 N–H and O–H groups in total. The third-order valence-corrected chi connectivity index (χ3v) is 4.36. The van der Waals surface area contributed by atoms with Crippen molar-refractivity contribution in [1.29, 1.82) is 0 Å². The Labute approximate surface area is 120 Å². The van der Waals surface area contributed by atoms with Crippen molar-refractivity contribution in [2.75, 3.05) is 0 Å². The summed E-state index contributed by atoms with van der Waals surface area (Å²) in [6, 6.07) is 1.91. The molecule has 0 aromatic carbocycles. The number of fused-ring (bicyclic) bond motifs is 1. The fourth-order valence-corrected chi connectivity index (χ4v) is 2.95. The van der Waals surface area contributed by atoms with E-state index in [2.05, 4.69) is 25.9 Å². The second kappa shape index (κ2) is 4.43. The van der Waals surface area contributed by atoms with E-state index in [1.807, 2.05) is 12.1 Å². The minimum absolute atomic E-state index is 0.0392. The van der Waals surface area contributed by atoms with E-state index in [0.717, 1.165) is 22.1 Å². The van der Waals surface area contributed by atoms with Crippen LogP contribution in [0.5, 0.6) is 5.88 Å². The molecule has 0 bridgehead atoms. The SMILES string of the molecule is Cn1c(O)c(C=c2cc3c(nc2Br)=NC=C3)sc1=O. The number of thiazole rings is 1. The molecule has 3 rings (SSSR count). The van der Waals surface area contributed by atoms with E-state index in [1.54, 1.807) is 12.3 Å². The molecule has 0 atom stereocenters. The highest BCUT2D eigenvalue weighted by Crippen LogP contribution is 2.19. The summed E-state index contributed by atoms with van der Waals surface area (Å²) in [5.74, 6) is -0.0392. The number of aromatic hydroxyl groups is 1. The predicted molar refractivity (Wildman–Crippen MR) is 76.5 cm³/mol. The van der Waals surface area contributed by atoms with E-state index in [-0.39, 0.29) is 10.8 Å². The Bertz CT molecular complexity index is 880. The van der Waals surface area contributed by atoms with Crippen molar-refractivity contribution in [3.8, 4) is 5.88 Å². The Kier molecular flexibility index (Phi) is 2.87. The van der Waals surface area contributed by atoms with Crippen LogP contribution in [0.3, 0.4) is 0 Å². The second-order valence-corrected chi connectivity index (χ2v) is 5.73. The van der Waals surface area contributed by atoms with Gasteiger partial charge in [0.1, 0.15) is 4.60 Å². The number of halogens is 1. The van der Waals surface area contributed by atoms with Crippen LogP contribution in [0.4, 0.5) is 0 Å². The van der Waals surface area contributed by atoms with Crippen LogP contribution in [0.2, 0.25) is 0 Å². The van der Waals surface area contributed by atoms with Crippen molar-refractivity contribution in [2.24, 2.45) is 12.0 Å². The largest absolute Gasteiger partial charge is 0.493 e. The van der Waals surface area contributed by atoms with Crippen molar-refractivity contribution in [1.82, 2.24) is 9.55 Å². The monoisotopic (exact) mass is 337 g/mol. The molecule has 2 aromatic heterocycles. The molecule has 0 amide bonds. The van der Waals surface area contributed by atoms with Gasteiger partial charge < -0.3 is 5.11 Å². The lowest BCUT2D eigenvalue weighted by atomic mass is 10.2. The maximum Gasteiger partial charge on any atom is 0.310 e. The maximum atomic E-state index is 11.5. The molecule has 3 heterocycles. The molecule has 0 spiro atoms. The summed E-state index contributed by atoms with van der Waals surface area (Å²) in [6.45, 7) is 0. The van der Waals surface area contributed by atoms with Crippen LogP contribution in [-0.2, 0) is 7.05 Å². The van der Waals surface area contributed by atoms with Gasteiger partial charge >= 0.3 is 4.87 Å². The Morgan fingerprint density at radius 2 is 2.32 bits per heavy atom. The van der Waals surface area contributed by atoms with Crippen LogP contribution < -0.4 is 15.6 Å². The van der Waals surface area contributed by atoms with Gasteiger partial charge in [-0.25, -0.2) is 9.98 Å². The summed E-state index contributed by atoms with van der Waals surface area (Å²) in [6.07, 6.45) is 5.27.